The molecule has 0 radical (unpaired) electrons. The highest BCUT2D eigenvalue weighted by atomic mass is 16.5. The smallest absolute Gasteiger partial charge is 0.234 e. The number of ether oxygens (including phenoxy) is 1. The minimum Gasteiger partial charge on any atom is -0.374 e. The van der Waals surface area contributed by atoms with Crippen molar-refractivity contribution in [2.24, 2.45) is 0 Å². The second-order valence-corrected chi connectivity index (χ2v) is 5.68. The molecule has 0 saturated carbocycles. The van der Waals surface area contributed by atoms with Gasteiger partial charge in [0.05, 0.1) is 19.3 Å². The first-order valence-corrected chi connectivity index (χ1v) is 6.75. The van der Waals surface area contributed by atoms with Crippen molar-refractivity contribution in [3.05, 3.63) is 0 Å². The van der Waals surface area contributed by atoms with Gasteiger partial charge in [-0.25, -0.2) is 0 Å². The lowest BCUT2D eigenvalue weighted by atomic mass is 10.0. The summed E-state index contributed by atoms with van der Waals surface area (Å²) in [4.78, 5) is 13.9. The van der Waals surface area contributed by atoms with Gasteiger partial charge in [0.2, 0.25) is 5.91 Å². The monoisotopic (exact) mass is 257 g/mol. The first kappa shape index (κ1) is 15.4. The second kappa shape index (κ2) is 7.07. The van der Waals surface area contributed by atoms with Gasteiger partial charge in [-0.1, -0.05) is 6.92 Å². The maximum absolute atomic E-state index is 11.9. The molecular weight excluding hydrogens is 230 g/mol. The summed E-state index contributed by atoms with van der Waals surface area (Å²) in [5.41, 5.74) is -0.124. The molecule has 0 aromatic heterocycles. The average Bonchev–Trinajstić information content (AvgIpc) is 2.29. The van der Waals surface area contributed by atoms with Crippen LogP contribution in [0.25, 0.3) is 0 Å². The molecule has 1 heterocycles. The maximum atomic E-state index is 11.9. The fourth-order valence-electron chi connectivity index (χ4n) is 1.90. The van der Waals surface area contributed by atoms with E-state index in [0.29, 0.717) is 6.54 Å². The van der Waals surface area contributed by atoms with Crippen molar-refractivity contribution in [3.8, 4) is 0 Å². The molecule has 0 bridgehead atoms. The number of nitrogens with zero attached hydrogens (tertiary/aromatic N) is 1. The minimum atomic E-state index is -0.124. The number of hydrogen-bond acceptors (Lipinski definition) is 4. The number of amides is 1. The summed E-state index contributed by atoms with van der Waals surface area (Å²) < 4.78 is 5.62. The molecule has 1 amide bonds. The normalized spacial score (nSPS) is 21.1. The van der Waals surface area contributed by atoms with Crippen LogP contribution >= 0.6 is 0 Å². The SMILES string of the molecule is CCC(C)(C)NC(=O)CN(C)CC1CNCCO1. The van der Waals surface area contributed by atoms with Gasteiger partial charge in [0, 0.05) is 25.2 Å². The van der Waals surface area contributed by atoms with Gasteiger partial charge in [-0.3, -0.25) is 9.69 Å². The van der Waals surface area contributed by atoms with Crippen molar-refractivity contribution >= 4 is 5.91 Å². The molecule has 0 spiro atoms. The van der Waals surface area contributed by atoms with Gasteiger partial charge in [-0.15, -0.1) is 0 Å². The number of hydrogen-bond donors (Lipinski definition) is 2. The van der Waals surface area contributed by atoms with Crippen LogP contribution in [0.3, 0.4) is 0 Å². The van der Waals surface area contributed by atoms with Crippen molar-refractivity contribution in [1.29, 1.82) is 0 Å². The Labute approximate surface area is 110 Å². The molecule has 1 aliphatic rings. The number of carbonyl (C=O) groups is 1. The second-order valence-electron chi connectivity index (χ2n) is 5.68. The Balaban J connectivity index is 2.26. The third kappa shape index (κ3) is 5.80. The van der Waals surface area contributed by atoms with Crippen LogP contribution in [0.2, 0.25) is 0 Å². The lowest BCUT2D eigenvalue weighted by molar-refractivity contribution is -0.124. The molecule has 1 aliphatic heterocycles. The summed E-state index contributed by atoms with van der Waals surface area (Å²) in [5.74, 6) is 0.0770. The molecule has 5 heteroatoms. The maximum Gasteiger partial charge on any atom is 0.234 e. The first-order chi connectivity index (χ1) is 8.43. The highest BCUT2D eigenvalue weighted by Gasteiger charge is 2.20. The Morgan fingerprint density at radius 3 is 2.83 bits per heavy atom. The Morgan fingerprint density at radius 1 is 1.56 bits per heavy atom. The summed E-state index contributed by atoms with van der Waals surface area (Å²) in [7, 11) is 1.95. The number of morpholine rings is 1. The van der Waals surface area contributed by atoms with E-state index < -0.39 is 0 Å². The number of rotatable bonds is 6. The molecule has 0 aliphatic carbocycles. The van der Waals surface area contributed by atoms with Crippen LogP contribution in [0.4, 0.5) is 0 Å². The van der Waals surface area contributed by atoms with Gasteiger partial charge < -0.3 is 15.4 Å². The largest absolute Gasteiger partial charge is 0.374 e. The van der Waals surface area contributed by atoms with E-state index in [0.717, 1.165) is 32.7 Å². The molecule has 106 valence electrons. The molecule has 2 N–H and O–H groups in total. The predicted octanol–water partition coefficient (Wildman–Crippen LogP) is 0.211. The molecule has 1 fully saturated rings. The van der Waals surface area contributed by atoms with Crippen molar-refractivity contribution in [2.75, 3.05) is 39.8 Å². The van der Waals surface area contributed by atoms with Crippen LogP contribution < -0.4 is 10.6 Å². The standard InChI is InChI=1S/C13H27N3O2/c1-5-13(2,3)15-12(17)10-16(4)9-11-8-14-6-7-18-11/h11,14H,5-10H2,1-4H3,(H,15,17). The van der Waals surface area contributed by atoms with E-state index in [4.69, 9.17) is 4.74 Å². The molecule has 0 aromatic carbocycles. The third-order valence-corrected chi connectivity index (χ3v) is 3.29. The highest BCUT2D eigenvalue weighted by molar-refractivity contribution is 5.78. The summed E-state index contributed by atoms with van der Waals surface area (Å²) >= 11 is 0. The van der Waals surface area contributed by atoms with Crippen LogP contribution in [0.15, 0.2) is 0 Å². The molecule has 1 saturated heterocycles. The number of carbonyl (C=O) groups excluding carboxylic acids is 1. The van der Waals surface area contributed by atoms with Crippen LogP contribution in [0, 0.1) is 0 Å². The van der Waals surface area contributed by atoms with E-state index in [1.165, 1.54) is 0 Å². The van der Waals surface area contributed by atoms with Gasteiger partial charge in [-0.2, -0.15) is 0 Å². The Kier molecular flexibility index (Phi) is 6.05. The van der Waals surface area contributed by atoms with Crippen LogP contribution in [0.1, 0.15) is 27.2 Å². The molecule has 0 aromatic rings. The molecule has 18 heavy (non-hydrogen) atoms. The van der Waals surface area contributed by atoms with Crippen molar-refractivity contribution in [3.63, 3.8) is 0 Å². The van der Waals surface area contributed by atoms with E-state index in [-0.39, 0.29) is 17.6 Å². The van der Waals surface area contributed by atoms with Gasteiger partial charge in [0.1, 0.15) is 0 Å². The number of likely N-dealkylation sites (N-methyl/N-ethyl adjacent to an activating group) is 1. The van der Waals surface area contributed by atoms with Gasteiger partial charge in [-0.05, 0) is 27.3 Å². The topological polar surface area (TPSA) is 53.6 Å². The molecule has 1 unspecified atom stereocenters. The summed E-state index contributed by atoms with van der Waals surface area (Å²) in [6.07, 6.45) is 1.12. The van der Waals surface area contributed by atoms with E-state index >= 15 is 0 Å². The Morgan fingerprint density at radius 2 is 2.28 bits per heavy atom. The quantitative estimate of drug-likeness (QED) is 0.714. The average molecular weight is 257 g/mol. The Hall–Kier alpha value is -0.650. The van der Waals surface area contributed by atoms with Crippen LogP contribution in [0.5, 0.6) is 0 Å². The lowest BCUT2D eigenvalue weighted by Crippen LogP contribution is -2.49. The minimum absolute atomic E-state index is 0.0770. The van der Waals surface area contributed by atoms with E-state index in [2.05, 4.69) is 17.6 Å². The highest BCUT2D eigenvalue weighted by Crippen LogP contribution is 2.06. The first-order valence-electron chi connectivity index (χ1n) is 6.75. The van der Waals surface area contributed by atoms with Crippen LogP contribution in [-0.4, -0.2) is 62.3 Å². The van der Waals surface area contributed by atoms with E-state index in [1.54, 1.807) is 0 Å². The van der Waals surface area contributed by atoms with Gasteiger partial charge in [0.25, 0.3) is 0 Å². The predicted molar refractivity (Wildman–Crippen MR) is 72.6 cm³/mol. The summed E-state index contributed by atoms with van der Waals surface area (Å²) in [6, 6.07) is 0. The van der Waals surface area contributed by atoms with Crippen LogP contribution in [-0.2, 0) is 9.53 Å². The van der Waals surface area contributed by atoms with Crippen molar-refractivity contribution in [2.45, 2.75) is 38.8 Å². The fourth-order valence-corrected chi connectivity index (χ4v) is 1.90. The van der Waals surface area contributed by atoms with Gasteiger partial charge in [0.15, 0.2) is 0 Å². The van der Waals surface area contributed by atoms with E-state index in [1.807, 2.05) is 25.8 Å². The summed E-state index contributed by atoms with van der Waals surface area (Å²) in [5, 5.41) is 6.33. The molecule has 1 atom stereocenters. The zero-order valence-corrected chi connectivity index (χ0v) is 12.1. The Bertz CT molecular complexity index is 263. The molecule has 1 rings (SSSR count). The van der Waals surface area contributed by atoms with Gasteiger partial charge >= 0.3 is 0 Å². The summed E-state index contributed by atoms with van der Waals surface area (Å²) in [6.45, 7) is 9.91. The lowest BCUT2D eigenvalue weighted by Gasteiger charge is -2.29. The third-order valence-electron chi connectivity index (χ3n) is 3.29. The molecular formula is C13H27N3O2. The van der Waals surface area contributed by atoms with Crippen molar-refractivity contribution < 1.29 is 9.53 Å². The number of nitrogens with one attached hydrogen (secondary N) is 2. The van der Waals surface area contributed by atoms with E-state index in [9.17, 15) is 4.79 Å². The molecule has 5 nitrogen and oxygen atoms in total. The zero-order valence-electron chi connectivity index (χ0n) is 12.1. The van der Waals surface area contributed by atoms with Crippen molar-refractivity contribution in [1.82, 2.24) is 15.5 Å². The fraction of sp³-hybridized carbons (Fsp3) is 0.923. The zero-order chi connectivity index (χ0) is 13.6.